The molecular formula is C15H21F2NO2. The number of aliphatic hydroxyl groups excluding tert-OH is 2. The van der Waals surface area contributed by atoms with Crippen molar-refractivity contribution in [1.29, 1.82) is 0 Å². The van der Waals surface area contributed by atoms with Gasteiger partial charge in [0, 0.05) is 12.6 Å². The summed E-state index contributed by atoms with van der Waals surface area (Å²) in [6.07, 6.45) is 5.02. The van der Waals surface area contributed by atoms with Crippen molar-refractivity contribution in [2.75, 3.05) is 18.1 Å². The minimum atomic E-state index is -0.673. The maximum absolute atomic E-state index is 14.2. The number of nitrogens with zero attached hydrogens (tertiary/aromatic N) is 1. The van der Waals surface area contributed by atoms with Crippen molar-refractivity contribution >= 4 is 5.69 Å². The summed E-state index contributed by atoms with van der Waals surface area (Å²) in [5.74, 6) is -1.35. The first kappa shape index (κ1) is 15.2. The zero-order chi connectivity index (χ0) is 14.5. The number of aliphatic hydroxyl groups is 2. The molecule has 0 unspecified atom stereocenters. The summed E-state index contributed by atoms with van der Waals surface area (Å²) in [7, 11) is 0. The van der Waals surface area contributed by atoms with Crippen LogP contribution in [0.1, 0.15) is 37.7 Å². The fourth-order valence-corrected chi connectivity index (χ4v) is 2.96. The number of halogens is 2. The molecule has 3 nitrogen and oxygen atoms in total. The second kappa shape index (κ2) is 6.99. The molecule has 1 aliphatic carbocycles. The van der Waals surface area contributed by atoms with Gasteiger partial charge >= 0.3 is 0 Å². The van der Waals surface area contributed by atoms with Crippen LogP contribution >= 0.6 is 0 Å². The lowest BCUT2D eigenvalue weighted by molar-refractivity contribution is 0.279. The second-order valence-corrected chi connectivity index (χ2v) is 5.28. The average molecular weight is 285 g/mol. The van der Waals surface area contributed by atoms with Crippen molar-refractivity contribution in [3.05, 3.63) is 29.3 Å². The van der Waals surface area contributed by atoms with E-state index in [9.17, 15) is 13.9 Å². The normalized spacial score (nSPS) is 16.4. The van der Waals surface area contributed by atoms with Gasteiger partial charge < -0.3 is 15.1 Å². The van der Waals surface area contributed by atoms with Gasteiger partial charge in [-0.25, -0.2) is 8.78 Å². The molecule has 0 atom stereocenters. The van der Waals surface area contributed by atoms with Gasteiger partial charge in [-0.05, 0) is 30.5 Å². The topological polar surface area (TPSA) is 43.7 Å². The SMILES string of the molecule is OCCN(c1c(F)cc(CO)cc1F)C1CCCCC1. The maximum Gasteiger partial charge on any atom is 0.149 e. The van der Waals surface area contributed by atoms with E-state index in [1.54, 1.807) is 4.90 Å². The Morgan fingerprint density at radius 2 is 1.65 bits per heavy atom. The molecule has 2 rings (SSSR count). The number of benzene rings is 1. The molecule has 0 heterocycles. The van der Waals surface area contributed by atoms with E-state index in [2.05, 4.69) is 0 Å². The van der Waals surface area contributed by atoms with Crippen LogP contribution in [0, 0.1) is 11.6 Å². The summed E-state index contributed by atoms with van der Waals surface area (Å²) in [6, 6.07) is 2.39. The first-order valence-electron chi connectivity index (χ1n) is 7.13. The fraction of sp³-hybridized carbons (Fsp3) is 0.600. The lowest BCUT2D eigenvalue weighted by atomic mass is 9.93. The van der Waals surface area contributed by atoms with E-state index in [1.165, 1.54) is 0 Å². The molecule has 0 spiro atoms. The van der Waals surface area contributed by atoms with E-state index in [0.717, 1.165) is 44.2 Å². The second-order valence-electron chi connectivity index (χ2n) is 5.28. The minimum Gasteiger partial charge on any atom is -0.395 e. The Labute approximate surface area is 117 Å². The van der Waals surface area contributed by atoms with Gasteiger partial charge in [0.05, 0.1) is 13.2 Å². The molecular weight excluding hydrogens is 264 g/mol. The van der Waals surface area contributed by atoms with Gasteiger partial charge in [-0.1, -0.05) is 19.3 Å². The Kier molecular flexibility index (Phi) is 5.31. The standard InChI is InChI=1S/C15H21F2NO2/c16-13-8-11(10-20)9-14(17)15(13)18(6-7-19)12-4-2-1-3-5-12/h8-9,12,19-20H,1-7,10H2. The molecule has 20 heavy (non-hydrogen) atoms. The van der Waals surface area contributed by atoms with Crippen molar-refractivity contribution in [1.82, 2.24) is 0 Å². The highest BCUT2D eigenvalue weighted by Gasteiger charge is 2.26. The molecule has 1 aromatic rings. The number of hydrogen-bond acceptors (Lipinski definition) is 3. The van der Waals surface area contributed by atoms with E-state index < -0.39 is 18.2 Å². The summed E-state index contributed by atoms with van der Waals surface area (Å²) < 4.78 is 28.3. The molecule has 0 aliphatic heterocycles. The van der Waals surface area contributed by atoms with Crippen LogP contribution in [-0.4, -0.2) is 29.4 Å². The van der Waals surface area contributed by atoms with E-state index in [1.807, 2.05) is 0 Å². The molecule has 0 aromatic heterocycles. The highest BCUT2D eigenvalue weighted by Crippen LogP contribution is 2.31. The molecule has 0 radical (unpaired) electrons. The van der Waals surface area contributed by atoms with Crippen LogP contribution in [-0.2, 0) is 6.61 Å². The average Bonchev–Trinajstić information content (AvgIpc) is 2.46. The van der Waals surface area contributed by atoms with E-state index in [4.69, 9.17) is 5.11 Å². The first-order chi connectivity index (χ1) is 9.67. The maximum atomic E-state index is 14.2. The van der Waals surface area contributed by atoms with Crippen molar-refractivity contribution in [3.8, 4) is 0 Å². The van der Waals surface area contributed by atoms with Gasteiger partial charge in [0.1, 0.15) is 17.3 Å². The van der Waals surface area contributed by atoms with Gasteiger partial charge in [0.25, 0.3) is 0 Å². The predicted octanol–water partition coefficient (Wildman–Crippen LogP) is 2.59. The third kappa shape index (κ3) is 3.27. The van der Waals surface area contributed by atoms with Crippen LogP contribution in [0.4, 0.5) is 14.5 Å². The largest absolute Gasteiger partial charge is 0.395 e. The monoisotopic (exact) mass is 285 g/mol. The Morgan fingerprint density at radius 3 is 2.15 bits per heavy atom. The summed E-state index contributed by atoms with van der Waals surface area (Å²) in [5.41, 5.74) is 0.138. The van der Waals surface area contributed by atoms with Crippen LogP contribution in [0.15, 0.2) is 12.1 Å². The molecule has 0 bridgehead atoms. The first-order valence-corrected chi connectivity index (χ1v) is 7.13. The fourth-order valence-electron chi connectivity index (χ4n) is 2.96. The Balaban J connectivity index is 2.33. The highest BCUT2D eigenvalue weighted by molar-refractivity contribution is 5.51. The number of rotatable bonds is 5. The van der Waals surface area contributed by atoms with E-state index in [0.29, 0.717) is 0 Å². The molecule has 1 saturated carbocycles. The van der Waals surface area contributed by atoms with Crippen LogP contribution in [0.2, 0.25) is 0 Å². The van der Waals surface area contributed by atoms with Crippen molar-refractivity contribution in [2.45, 2.75) is 44.8 Å². The van der Waals surface area contributed by atoms with Gasteiger partial charge in [0.15, 0.2) is 0 Å². The Hall–Kier alpha value is -1.20. The third-order valence-corrected chi connectivity index (χ3v) is 3.90. The van der Waals surface area contributed by atoms with Crippen LogP contribution in [0.25, 0.3) is 0 Å². The molecule has 0 saturated heterocycles. The highest BCUT2D eigenvalue weighted by atomic mass is 19.1. The molecule has 1 fully saturated rings. The van der Waals surface area contributed by atoms with E-state index in [-0.39, 0.29) is 30.4 Å². The number of anilines is 1. The van der Waals surface area contributed by atoms with Crippen molar-refractivity contribution in [2.24, 2.45) is 0 Å². The zero-order valence-electron chi connectivity index (χ0n) is 11.5. The van der Waals surface area contributed by atoms with Crippen LogP contribution in [0.5, 0.6) is 0 Å². The number of hydrogen-bond donors (Lipinski definition) is 2. The lowest BCUT2D eigenvalue weighted by Gasteiger charge is -2.36. The lowest BCUT2D eigenvalue weighted by Crippen LogP contribution is -2.40. The van der Waals surface area contributed by atoms with Crippen LogP contribution in [0.3, 0.4) is 0 Å². The quantitative estimate of drug-likeness (QED) is 0.874. The van der Waals surface area contributed by atoms with Gasteiger partial charge in [-0.15, -0.1) is 0 Å². The summed E-state index contributed by atoms with van der Waals surface area (Å²) in [5, 5.41) is 18.2. The third-order valence-electron chi connectivity index (χ3n) is 3.90. The predicted molar refractivity (Wildman–Crippen MR) is 73.6 cm³/mol. The van der Waals surface area contributed by atoms with E-state index >= 15 is 0 Å². The molecule has 1 aliphatic rings. The van der Waals surface area contributed by atoms with Gasteiger partial charge in [0.2, 0.25) is 0 Å². The molecule has 0 amide bonds. The Morgan fingerprint density at radius 1 is 1.05 bits per heavy atom. The molecule has 5 heteroatoms. The zero-order valence-corrected chi connectivity index (χ0v) is 11.5. The summed E-state index contributed by atoms with van der Waals surface area (Å²) in [4.78, 5) is 1.64. The van der Waals surface area contributed by atoms with Gasteiger partial charge in [-0.2, -0.15) is 0 Å². The van der Waals surface area contributed by atoms with Crippen molar-refractivity contribution < 1.29 is 19.0 Å². The molecule has 1 aromatic carbocycles. The van der Waals surface area contributed by atoms with Crippen LogP contribution < -0.4 is 4.90 Å². The summed E-state index contributed by atoms with van der Waals surface area (Å²) in [6.45, 7) is -0.314. The van der Waals surface area contributed by atoms with Crippen molar-refractivity contribution in [3.63, 3.8) is 0 Å². The summed E-state index contributed by atoms with van der Waals surface area (Å²) >= 11 is 0. The molecule has 112 valence electrons. The molecule has 2 N–H and O–H groups in total. The van der Waals surface area contributed by atoms with Gasteiger partial charge in [-0.3, -0.25) is 0 Å². The smallest absolute Gasteiger partial charge is 0.149 e. The minimum absolute atomic E-state index is 0.0693. The Bertz CT molecular complexity index is 424.